The van der Waals surface area contributed by atoms with Crippen LogP contribution in [-0.4, -0.2) is 84.3 Å². The van der Waals surface area contributed by atoms with Crippen LogP contribution in [0.5, 0.6) is 0 Å². The van der Waals surface area contributed by atoms with Crippen LogP contribution in [0.15, 0.2) is 41.7 Å². The molecule has 2 fully saturated rings. The van der Waals surface area contributed by atoms with Gasteiger partial charge in [0.2, 0.25) is 5.91 Å². The van der Waals surface area contributed by atoms with E-state index in [0.29, 0.717) is 32.0 Å². The number of guanidine groups is 1. The van der Waals surface area contributed by atoms with Gasteiger partial charge in [-0.25, -0.2) is 4.39 Å². The molecule has 0 radical (unpaired) electrons. The third-order valence-electron chi connectivity index (χ3n) is 6.34. The number of rotatable bonds is 5. The van der Waals surface area contributed by atoms with Crippen molar-refractivity contribution in [3.05, 3.63) is 48.0 Å². The van der Waals surface area contributed by atoms with Gasteiger partial charge in [0.15, 0.2) is 5.96 Å². The Morgan fingerprint density at radius 3 is 2.52 bits per heavy atom. The van der Waals surface area contributed by atoms with Gasteiger partial charge in [-0.1, -0.05) is 0 Å². The fourth-order valence-electron chi connectivity index (χ4n) is 4.51. The molecule has 2 aliphatic heterocycles. The zero-order valence-electron chi connectivity index (χ0n) is 19.3. The number of likely N-dealkylation sites (tertiary alicyclic amines) is 1. The average Bonchev–Trinajstić information content (AvgIpc) is 3.46. The molecular weight excluding hydrogens is 536 g/mol. The van der Waals surface area contributed by atoms with Crippen molar-refractivity contribution in [2.45, 2.75) is 18.8 Å². The van der Waals surface area contributed by atoms with E-state index in [1.165, 1.54) is 17.7 Å². The lowest BCUT2D eigenvalue weighted by molar-refractivity contribution is -0.131. The van der Waals surface area contributed by atoms with Crippen LogP contribution < -0.4 is 10.2 Å². The number of carbonyl (C=O) groups is 1. The molecule has 1 atom stereocenters. The van der Waals surface area contributed by atoms with Gasteiger partial charge in [0.1, 0.15) is 5.82 Å². The summed E-state index contributed by atoms with van der Waals surface area (Å²) in [4.78, 5) is 23.4. The maximum atomic E-state index is 13.1. The summed E-state index contributed by atoms with van der Waals surface area (Å²) in [7, 11) is 3.73. The number of nitrogens with one attached hydrogen (secondary N) is 1. The Morgan fingerprint density at radius 2 is 1.88 bits per heavy atom. The van der Waals surface area contributed by atoms with Crippen LogP contribution in [0, 0.1) is 5.82 Å². The normalized spacial score (nSPS) is 18.9. The van der Waals surface area contributed by atoms with Crippen molar-refractivity contribution in [3.8, 4) is 0 Å². The molecule has 10 heteroatoms. The Kier molecular flexibility index (Phi) is 8.93. The fraction of sp³-hybridized carbons (Fsp3) is 0.522. The van der Waals surface area contributed by atoms with E-state index >= 15 is 0 Å². The standard InChI is InChI=1S/C23H32FN7O.HI/c1-25-23(31-10-8-18(17-31)19-15-27-28(2)16-19)26-9-7-22(32)30-13-11-29(12-14-30)21-5-3-20(24)4-6-21;/h3-6,15-16,18H,7-14,17H2,1-2H3,(H,25,26);1H. The number of amides is 1. The number of anilines is 1. The topological polar surface area (TPSA) is 69.0 Å². The molecule has 2 aromatic rings. The first kappa shape index (κ1) is 25.3. The molecule has 2 saturated heterocycles. The number of piperazine rings is 1. The minimum Gasteiger partial charge on any atom is -0.368 e. The zero-order chi connectivity index (χ0) is 22.5. The lowest BCUT2D eigenvalue weighted by Crippen LogP contribution is -2.49. The van der Waals surface area contributed by atoms with Crippen LogP contribution in [0.3, 0.4) is 0 Å². The maximum Gasteiger partial charge on any atom is 0.224 e. The second kappa shape index (κ2) is 11.7. The Balaban J connectivity index is 0.00000306. The maximum absolute atomic E-state index is 13.1. The summed E-state index contributed by atoms with van der Waals surface area (Å²) in [6.45, 7) is 5.31. The second-order valence-electron chi connectivity index (χ2n) is 8.45. The molecule has 3 heterocycles. The summed E-state index contributed by atoms with van der Waals surface area (Å²) in [6, 6.07) is 6.54. The van der Waals surface area contributed by atoms with Crippen molar-refractivity contribution >= 4 is 41.5 Å². The van der Waals surface area contributed by atoms with Gasteiger partial charge in [-0.15, -0.1) is 24.0 Å². The average molecular weight is 569 g/mol. The molecule has 1 aromatic carbocycles. The predicted octanol–water partition coefficient (Wildman–Crippen LogP) is 2.28. The second-order valence-corrected chi connectivity index (χ2v) is 8.45. The quantitative estimate of drug-likeness (QED) is 0.340. The van der Waals surface area contributed by atoms with Crippen LogP contribution in [0.2, 0.25) is 0 Å². The van der Waals surface area contributed by atoms with E-state index in [2.05, 4.69) is 31.4 Å². The van der Waals surface area contributed by atoms with Crippen molar-refractivity contribution in [3.63, 3.8) is 0 Å². The largest absolute Gasteiger partial charge is 0.368 e. The number of halogens is 2. The number of hydrogen-bond donors (Lipinski definition) is 1. The molecule has 180 valence electrons. The number of nitrogens with zero attached hydrogens (tertiary/aromatic N) is 6. The third kappa shape index (κ3) is 6.36. The first-order valence-corrected chi connectivity index (χ1v) is 11.3. The van der Waals surface area contributed by atoms with E-state index in [1.807, 2.05) is 22.8 Å². The van der Waals surface area contributed by atoms with Crippen LogP contribution in [0.1, 0.15) is 24.3 Å². The number of carbonyl (C=O) groups excluding carboxylic acids is 1. The summed E-state index contributed by atoms with van der Waals surface area (Å²) in [5, 5.41) is 7.64. The number of aryl methyl sites for hydroxylation is 1. The number of benzene rings is 1. The number of hydrogen-bond acceptors (Lipinski definition) is 4. The summed E-state index contributed by atoms with van der Waals surface area (Å²) in [5.41, 5.74) is 2.26. The molecule has 0 bridgehead atoms. The lowest BCUT2D eigenvalue weighted by atomic mass is 10.0. The Morgan fingerprint density at radius 1 is 1.15 bits per heavy atom. The first-order chi connectivity index (χ1) is 15.5. The van der Waals surface area contributed by atoms with Crippen molar-refractivity contribution in [1.82, 2.24) is 24.9 Å². The molecule has 0 aliphatic carbocycles. The smallest absolute Gasteiger partial charge is 0.224 e. The monoisotopic (exact) mass is 569 g/mol. The third-order valence-corrected chi connectivity index (χ3v) is 6.34. The summed E-state index contributed by atoms with van der Waals surface area (Å²) in [5.74, 6) is 1.24. The molecule has 1 aromatic heterocycles. The van der Waals surface area contributed by atoms with Crippen molar-refractivity contribution in [1.29, 1.82) is 0 Å². The fourth-order valence-corrected chi connectivity index (χ4v) is 4.51. The van der Waals surface area contributed by atoms with E-state index < -0.39 is 0 Å². The van der Waals surface area contributed by atoms with Crippen LogP contribution in [-0.2, 0) is 11.8 Å². The van der Waals surface area contributed by atoms with Gasteiger partial charge < -0.3 is 20.0 Å². The van der Waals surface area contributed by atoms with Gasteiger partial charge in [0.05, 0.1) is 6.20 Å². The van der Waals surface area contributed by atoms with Crippen LogP contribution in [0.25, 0.3) is 0 Å². The van der Waals surface area contributed by atoms with Crippen LogP contribution >= 0.6 is 24.0 Å². The molecule has 1 unspecified atom stereocenters. The minimum atomic E-state index is -0.230. The SMILES string of the molecule is CN=C(NCCC(=O)N1CCN(c2ccc(F)cc2)CC1)N1CCC(c2cnn(C)c2)C1.I. The summed E-state index contributed by atoms with van der Waals surface area (Å²) in [6.07, 6.45) is 5.54. The molecule has 2 aliphatic rings. The highest BCUT2D eigenvalue weighted by Gasteiger charge is 2.27. The van der Waals surface area contributed by atoms with E-state index in [-0.39, 0.29) is 35.7 Å². The summed E-state index contributed by atoms with van der Waals surface area (Å²) >= 11 is 0. The van der Waals surface area contributed by atoms with E-state index in [1.54, 1.807) is 19.2 Å². The highest BCUT2D eigenvalue weighted by molar-refractivity contribution is 14.0. The Hall–Kier alpha value is -2.37. The zero-order valence-corrected chi connectivity index (χ0v) is 21.6. The summed E-state index contributed by atoms with van der Waals surface area (Å²) < 4.78 is 15.0. The molecule has 4 rings (SSSR count). The lowest BCUT2D eigenvalue weighted by Gasteiger charge is -2.36. The molecular formula is C23H33FIN7O. The van der Waals surface area contributed by atoms with Crippen molar-refractivity contribution in [2.75, 3.05) is 57.8 Å². The molecule has 1 N–H and O–H groups in total. The first-order valence-electron chi connectivity index (χ1n) is 11.3. The van der Waals surface area contributed by atoms with Gasteiger partial charge in [-0.2, -0.15) is 5.10 Å². The van der Waals surface area contributed by atoms with Gasteiger partial charge >= 0.3 is 0 Å². The van der Waals surface area contributed by atoms with Gasteiger partial charge in [-0.05, 0) is 36.2 Å². The molecule has 8 nitrogen and oxygen atoms in total. The van der Waals surface area contributed by atoms with E-state index in [9.17, 15) is 9.18 Å². The van der Waals surface area contributed by atoms with E-state index in [4.69, 9.17) is 0 Å². The van der Waals surface area contributed by atoms with Gasteiger partial charge in [0, 0.05) is 84.1 Å². The van der Waals surface area contributed by atoms with Gasteiger partial charge in [0.25, 0.3) is 0 Å². The predicted molar refractivity (Wildman–Crippen MR) is 139 cm³/mol. The highest BCUT2D eigenvalue weighted by atomic mass is 127. The Bertz CT molecular complexity index is 941. The molecule has 33 heavy (non-hydrogen) atoms. The van der Waals surface area contributed by atoms with Crippen LogP contribution in [0.4, 0.5) is 10.1 Å². The number of aromatic nitrogens is 2. The minimum absolute atomic E-state index is 0. The molecule has 0 saturated carbocycles. The van der Waals surface area contributed by atoms with Gasteiger partial charge in [-0.3, -0.25) is 14.5 Å². The highest BCUT2D eigenvalue weighted by Crippen LogP contribution is 2.26. The molecule has 1 amide bonds. The number of aliphatic imine (C=N–C) groups is 1. The van der Waals surface area contributed by atoms with Crippen molar-refractivity contribution < 1.29 is 9.18 Å². The van der Waals surface area contributed by atoms with E-state index in [0.717, 1.165) is 44.2 Å². The van der Waals surface area contributed by atoms with Crippen molar-refractivity contribution in [2.24, 2.45) is 12.0 Å². The Labute approximate surface area is 211 Å². The molecule has 0 spiro atoms.